The molecule has 2 nitrogen and oxygen atoms in total. The average molecular weight is 264 g/mol. The fourth-order valence-electron chi connectivity index (χ4n) is 4.92. The lowest BCUT2D eigenvalue weighted by atomic mass is 9.88. The largest absolute Gasteiger partial charge is 0.311 e. The second kappa shape index (κ2) is 6.13. The van der Waals surface area contributed by atoms with Gasteiger partial charge in [-0.3, -0.25) is 0 Å². The highest BCUT2D eigenvalue weighted by Gasteiger charge is 2.40. The van der Waals surface area contributed by atoms with Crippen LogP contribution in [0.1, 0.15) is 58.8 Å². The first-order valence-electron chi connectivity index (χ1n) is 8.74. The van der Waals surface area contributed by atoms with Gasteiger partial charge >= 0.3 is 0 Å². The molecule has 2 aliphatic carbocycles. The third-order valence-electron chi connectivity index (χ3n) is 6.09. The van der Waals surface area contributed by atoms with E-state index in [1.807, 2.05) is 0 Å². The monoisotopic (exact) mass is 264 g/mol. The summed E-state index contributed by atoms with van der Waals surface area (Å²) in [6, 6.07) is 1.61. The second-order valence-corrected chi connectivity index (χ2v) is 7.42. The molecule has 1 heterocycles. The number of rotatable bonds is 5. The SMILES string of the molecule is CCCN1CCC(C(C)NC2CC3CCC2C3)CC1. The Kier molecular flexibility index (Phi) is 4.48. The fraction of sp³-hybridized carbons (Fsp3) is 1.00. The number of fused-ring (bicyclic) bond motifs is 2. The molecule has 0 spiro atoms. The average Bonchev–Trinajstić information content (AvgIpc) is 3.02. The van der Waals surface area contributed by atoms with Gasteiger partial charge in [0.1, 0.15) is 0 Å². The van der Waals surface area contributed by atoms with Crippen LogP contribution in [-0.2, 0) is 0 Å². The van der Waals surface area contributed by atoms with Crippen molar-refractivity contribution in [2.24, 2.45) is 17.8 Å². The van der Waals surface area contributed by atoms with Crippen LogP contribution in [0.3, 0.4) is 0 Å². The van der Waals surface area contributed by atoms with Crippen molar-refractivity contribution >= 4 is 0 Å². The zero-order chi connectivity index (χ0) is 13.2. The lowest BCUT2D eigenvalue weighted by Crippen LogP contribution is -2.47. The number of nitrogens with one attached hydrogen (secondary N) is 1. The molecule has 2 saturated carbocycles. The Morgan fingerprint density at radius 1 is 1.11 bits per heavy atom. The first kappa shape index (κ1) is 13.9. The lowest BCUT2D eigenvalue weighted by Gasteiger charge is -2.37. The minimum absolute atomic E-state index is 0.744. The Labute approximate surface area is 119 Å². The predicted octanol–water partition coefficient (Wildman–Crippen LogP) is 3.28. The van der Waals surface area contributed by atoms with Crippen molar-refractivity contribution < 1.29 is 0 Å². The fourth-order valence-corrected chi connectivity index (χ4v) is 4.92. The van der Waals surface area contributed by atoms with Gasteiger partial charge in [0.25, 0.3) is 0 Å². The van der Waals surface area contributed by atoms with Crippen LogP contribution in [0, 0.1) is 17.8 Å². The molecule has 4 atom stereocenters. The summed E-state index contributed by atoms with van der Waals surface area (Å²) in [4.78, 5) is 2.65. The van der Waals surface area contributed by atoms with E-state index in [-0.39, 0.29) is 0 Å². The van der Waals surface area contributed by atoms with Crippen LogP contribution in [0.4, 0.5) is 0 Å². The lowest BCUT2D eigenvalue weighted by molar-refractivity contribution is 0.153. The Hall–Kier alpha value is -0.0800. The topological polar surface area (TPSA) is 15.3 Å². The van der Waals surface area contributed by atoms with Crippen LogP contribution >= 0.6 is 0 Å². The second-order valence-electron chi connectivity index (χ2n) is 7.42. The number of hydrogen-bond donors (Lipinski definition) is 1. The summed E-state index contributed by atoms with van der Waals surface area (Å²) >= 11 is 0. The van der Waals surface area contributed by atoms with E-state index in [2.05, 4.69) is 24.1 Å². The van der Waals surface area contributed by atoms with Crippen LogP contribution in [0.15, 0.2) is 0 Å². The number of piperidine rings is 1. The molecule has 110 valence electrons. The van der Waals surface area contributed by atoms with E-state index in [4.69, 9.17) is 0 Å². The van der Waals surface area contributed by atoms with Crippen molar-refractivity contribution in [1.29, 1.82) is 0 Å². The number of likely N-dealkylation sites (tertiary alicyclic amines) is 1. The maximum absolute atomic E-state index is 4.01. The Bertz CT molecular complexity index is 283. The molecule has 4 unspecified atom stereocenters. The summed E-state index contributed by atoms with van der Waals surface area (Å²) in [5, 5.41) is 4.01. The van der Waals surface area contributed by atoms with Gasteiger partial charge < -0.3 is 10.2 Å². The Balaban J connectivity index is 1.42. The van der Waals surface area contributed by atoms with Gasteiger partial charge in [-0.25, -0.2) is 0 Å². The molecule has 2 bridgehead atoms. The van der Waals surface area contributed by atoms with E-state index in [0.29, 0.717) is 0 Å². The zero-order valence-corrected chi connectivity index (χ0v) is 12.9. The van der Waals surface area contributed by atoms with Crippen LogP contribution < -0.4 is 5.32 Å². The van der Waals surface area contributed by atoms with Crippen molar-refractivity contribution in [2.75, 3.05) is 19.6 Å². The minimum Gasteiger partial charge on any atom is -0.311 e. The van der Waals surface area contributed by atoms with Crippen molar-refractivity contribution in [1.82, 2.24) is 10.2 Å². The minimum atomic E-state index is 0.744. The quantitative estimate of drug-likeness (QED) is 0.820. The summed E-state index contributed by atoms with van der Waals surface area (Å²) < 4.78 is 0. The van der Waals surface area contributed by atoms with E-state index in [0.717, 1.165) is 29.8 Å². The summed E-state index contributed by atoms with van der Waals surface area (Å²) in [7, 11) is 0. The van der Waals surface area contributed by atoms with E-state index in [1.165, 1.54) is 64.6 Å². The van der Waals surface area contributed by atoms with Gasteiger partial charge in [-0.15, -0.1) is 0 Å². The first-order valence-corrected chi connectivity index (χ1v) is 8.74. The van der Waals surface area contributed by atoms with Crippen LogP contribution in [0.2, 0.25) is 0 Å². The van der Waals surface area contributed by atoms with Crippen LogP contribution in [0.5, 0.6) is 0 Å². The standard InChI is InChI=1S/C17H32N2/c1-3-8-19-9-6-15(7-10-19)13(2)18-17-12-14-4-5-16(17)11-14/h13-18H,3-12H2,1-2H3. The molecule has 3 rings (SSSR count). The summed E-state index contributed by atoms with van der Waals surface area (Å²) in [5.74, 6) is 3.01. The summed E-state index contributed by atoms with van der Waals surface area (Å²) in [6.45, 7) is 8.72. The molecule has 19 heavy (non-hydrogen) atoms. The molecule has 0 aromatic carbocycles. The van der Waals surface area contributed by atoms with Crippen molar-refractivity contribution in [3.63, 3.8) is 0 Å². The molecule has 3 aliphatic rings. The molecule has 1 saturated heterocycles. The summed E-state index contributed by atoms with van der Waals surface area (Å²) in [5.41, 5.74) is 0. The van der Waals surface area contributed by atoms with E-state index >= 15 is 0 Å². The molecule has 0 aromatic heterocycles. The zero-order valence-electron chi connectivity index (χ0n) is 12.9. The number of nitrogens with zero attached hydrogens (tertiary/aromatic N) is 1. The van der Waals surface area contributed by atoms with Gasteiger partial charge in [-0.2, -0.15) is 0 Å². The Morgan fingerprint density at radius 3 is 2.47 bits per heavy atom. The molecule has 0 aromatic rings. The van der Waals surface area contributed by atoms with Crippen LogP contribution in [-0.4, -0.2) is 36.6 Å². The highest BCUT2D eigenvalue weighted by Crippen LogP contribution is 2.44. The van der Waals surface area contributed by atoms with Gasteiger partial charge in [-0.1, -0.05) is 13.3 Å². The third-order valence-corrected chi connectivity index (χ3v) is 6.09. The van der Waals surface area contributed by atoms with Crippen molar-refractivity contribution in [2.45, 2.75) is 70.9 Å². The van der Waals surface area contributed by atoms with E-state index in [9.17, 15) is 0 Å². The van der Waals surface area contributed by atoms with E-state index < -0.39 is 0 Å². The molecule has 2 heteroatoms. The predicted molar refractivity (Wildman–Crippen MR) is 81.3 cm³/mol. The molecule has 0 amide bonds. The van der Waals surface area contributed by atoms with Gasteiger partial charge in [0.05, 0.1) is 0 Å². The Morgan fingerprint density at radius 2 is 1.89 bits per heavy atom. The molecular formula is C17H32N2. The van der Waals surface area contributed by atoms with Crippen LogP contribution in [0.25, 0.3) is 0 Å². The van der Waals surface area contributed by atoms with Gasteiger partial charge in [0, 0.05) is 12.1 Å². The van der Waals surface area contributed by atoms with Crippen molar-refractivity contribution in [3.05, 3.63) is 0 Å². The van der Waals surface area contributed by atoms with Crippen molar-refractivity contribution in [3.8, 4) is 0 Å². The highest BCUT2D eigenvalue weighted by molar-refractivity contribution is 4.95. The molecule has 1 N–H and O–H groups in total. The molecular weight excluding hydrogens is 232 g/mol. The molecule has 0 radical (unpaired) electrons. The smallest absolute Gasteiger partial charge is 0.0101 e. The normalized spacial score (nSPS) is 37.9. The maximum atomic E-state index is 4.01. The summed E-state index contributed by atoms with van der Waals surface area (Å²) in [6.07, 6.45) is 10.2. The number of hydrogen-bond acceptors (Lipinski definition) is 2. The van der Waals surface area contributed by atoms with Gasteiger partial charge in [0.2, 0.25) is 0 Å². The third kappa shape index (κ3) is 3.16. The van der Waals surface area contributed by atoms with Gasteiger partial charge in [-0.05, 0) is 82.8 Å². The van der Waals surface area contributed by atoms with E-state index in [1.54, 1.807) is 0 Å². The first-order chi connectivity index (χ1) is 9.26. The molecule has 3 fully saturated rings. The van der Waals surface area contributed by atoms with Gasteiger partial charge in [0.15, 0.2) is 0 Å². The maximum Gasteiger partial charge on any atom is 0.0101 e. The molecule has 1 aliphatic heterocycles. The highest BCUT2D eigenvalue weighted by atomic mass is 15.1.